The third-order valence-electron chi connectivity index (χ3n) is 2.58. The fraction of sp³-hybridized carbons (Fsp3) is 0.778. The van der Waals surface area contributed by atoms with Crippen LogP contribution in [0.1, 0.15) is 24.2 Å². The van der Waals surface area contributed by atoms with Crippen LogP contribution in [0.4, 0.5) is 13.2 Å². The van der Waals surface area contributed by atoms with Crippen LogP contribution in [0, 0.1) is 5.92 Å². The van der Waals surface area contributed by atoms with E-state index in [9.17, 15) is 13.2 Å². The first kappa shape index (κ1) is 11.4. The molecule has 2 rings (SSSR count). The van der Waals surface area contributed by atoms with E-state index >= 15 is 0 Å². The lowest BCUT2D eigenvalue weighted by molar-refractivity contribution is -0.145. The molecule has 0 amide bonds. The van der Waals surface area contributed by atoms with E-state index < -0.39 is 11.9 Å². The number of nitrogens with two attached hydrogens (primary N) is 1. The minimum Gasteiger partial charge on any atom is -0.330 e. The van der Waals surface area contributed by atoms with Crippen LogP contribution < -0.4 is 5.73 Å². The first-order valence-corrected chi connectivity index (χ1v) is 5.22. The number of aromatic nitrogens is 3. The van der Waals surface area contributed by atoms with E-state index in [1.165, 1.54) is 0 Å². The third kappa shape index (κ3) is 2.34. The van der Waals surface area contributed by atoms with E-state index in [-0.39, 0.29) is 18.7 Å². The molecule has 1 aliphatic carbocycles. The molecule has 1 aromatic rings. The summed E-state index contributed by atoms with van der Waals surface area (Å²) >= 11 is 0. The Kier molecular flexibility index (Phi) is 2.88. The first-order chi connectivity index (χ1) is 7.52. The molecule has 1 aliphatic rings. The van der Waals surface area contributed by atoms with E-state index in [4.69, 9.17) is 5.73 Å². The normalized spacial score (nSPS) is 16.8. The molecule has 1 fully saturated rings. The Morgan fingerprint density at radius 1 is 1.38 bits per heavy atom. The summed E-state index contributed by atoms with van der Waals surface area (Å²) in [6, 6.07) is 0. The van der Waals surface area contributed by atoms with Crippen molar-refractivity contribution in [3.8, 4) is 0 Å². The van der Waals surface area contributed by atoms with Gasteiger partial charge in [-0.25, -0.2) is 4.68 Å². The molecule has 0 aromatic carbocycles. The zero-order valence-corrected chi connectivity index (χ0v) is 8.67. The van der Waals surface area contributed by atoms with Crippen molar-refractivity contribution in [3.05, 3.63) is 11.4 Å². The summed E-state index contributed by atoms with van der Waals surface area (Å²) in [7, 11) is 0. The van der Waals surface area contributed by atoms with Gasteiger partial charge < -0.3 is 5.73 Å². The van der Waals surface area contributed by atoms with Gasteiger partial charge in [-0.3, -0.25) is 0 Å². The summed E-state index contributed by atoms with van der Waals surface area (Å²) < 4.78 is 39.4. The molecular weight excluding hydrogens is 221 g/mol. The minimum absolute atomic E-state index is 0.0457. The lowest BCUT2D eigenvalue weighted by Crippen LogP contribution is -2.18. The summed E-state index contributed by atoms with van der Waals surface area (Å²) in [6.45, 7) is 0.456. The molecule has 2 N–H and O–H groups in total. The molecule has 7 heteroatoms. The van der Waals surface area contributed by atoms with E-state index in [1.54, 1.807) is 0 Å². The van der Waals surface area contributed by atoms with Crippen molar-refractivity contribution in [2.45, 2.75) is 32.0 Å². The predicted molar refractivity (Wildman–Crippen MR) is 50.5 cm³/mol. The molecule has 0 unspecified atom stereocenters. The van der Waals surface area contributed by atoms with Gasteiger partial charge in [0, 0.05) is 13.0 Å². The van der Waals surface area contributed by atoms with Gasteiger partial charge in [0.05, 0.1) is 5.69 Å². The summed E-state index contributed by atoms with van der Waals surface area (Å²) in [5.41, 5.74) is 4.47. The SMILES string of the molecule is NCCc1nnn(CC2CC2)c1C(F)(F)F. The molecular formula is C9H13F3N4. The van der Waals surface area contributed by atoms with Crippen molar-refractivity contribution >= 4 is 0 Å². The average molecular weight is 234 g/mol. The number of alkyl halides is 3. The van der Waals surface area contributed by atoms with Crippen LogP contribution in [0.5, 0.6) is 0 Å². The highest BCUT2D eigenvalue weighted by Gasteiger charge is 2.40. The number of hydrogen-bond acceptors (Lipinski definition) is 3. The summed E-state index contributed by atoms with van der Waals surface area (Å²) in [5.74, 6) is 0.327. The van der Waals surface area contributed by atoms with Gasteiger partial charge in [-0.15, -0.1) is 5.10 Å². The number of rotatable bonds is 4. The van der Waals surface area contributed by atoms with Gasteiger partial charge in [-0.2, -0.15) is 13.2 Å². The van der Waals surface area contributed by atoms with Crippen molar-refractivity contribution in [3.63, 3.8) is 0 Å². The van der Waals surface area contributed by atoms with Gasteiger partial charge in [-0.1, -0.05) is 5.21 Å². The van der Waals surface area contributed by atoms with Gasteiger partial charge in [0.2, 0.25) is 0 Å². The van der Waals surface area contributed by atoms with Gasteiger partial charge in [0.25, 0.3) is 0 Å². The van der Waals surface area contributed by atoms with Crippen LogP contribution in [-0.4, -0.2) is 21.5 Å². The topological polar surface area (TPSA) is 56.7 Å². The minimum atomic E-state index is -4.40. The van der Waals surface area contributed by atoms with Gasteiger partial charge >= 0.3 is 6.18 Å². The van der Waals surface area contributed by atoms with Gasteiger partial charge in [0.15, 0.2) is 5.69 Å². The van der Waals surface area contributed by atoms with Crippen LogP contribution in [0.2, 0.25) is 0 Å². The Morgan fingerprint density at radius 2 is 2.06 bits per heavy atom. The Hall–Kier alpha value is -1.11. The maximum Gasteiger partial charge on any atom is 0.434 e. The Labute approximate surface area is 90.6 Å². The Balaban J connectivity index is 2.28. The molecule has 0 saturated heterocycles. The lowest BCUT2D eigenvalue weighted by atomic mass is 10.2. The largest absolute Gasteiger partial charge is 0.434 e. The highest BCUT2D eigenvalue weighted by molar-refractivity contribution is 5.14. The monoisotopic (exact) mass is 234 g/mol. The highest BCUT2D eigenvalue weighted by Crippen LogP contribution is 2.35. The van der Waals surface area contributed by atoms with Crippen molar-refractivity contribution in [1.82, 2.24) is 15.0 Å². The number of halogens is 3. The Morgan fingerprint density at radius 3 is 2.56 bits per heavy atom. The number of hydrogen-bond donors (Lipinski definition) is 1. The van der Waals surface area contributed by atoms with Crippen molar-refractivity contribution in [1.29, 1.82) is 0 Å². The molecule has 1 saturated carbocycles. The van der Waals surface area contributed by atoms with E-state index in [1.807, 2.05) is 0 Å². The highest BCUT2D eigenvalue weighted by atomic mass is 19.4. The fourth-order valence-electron chi connectivity index (χ4n) is 1.64. The maximum atomic E-state index is 12.8. The maximum absolute atomic E-state index is 12.8. The van der Waals surface area contributed by atoms with Crippen LogP contribution in [0.25, 0.3) is 0 Å². The van der Waals surface area contributed by atoms with Gasteiger partial charge in [0.1, 0.15) is 0 Å². The molecule has 1 heterocycles. The average Bonchev–Trinajstić information content (AvgIpc) is 2.86. The van der Waals surface area contributed by atoms with Crippen LogP contribution in [0.3, 0.4) is 0 Å². The van der Waals surface area contributed by atoms with Crippen LogP contribution >= 0.6 is 0 Å². The molecule has 90 valence electrons. The van der Waals surface area contributed by atoms with Crippen LogP contribution in [0.15, 0.2) is 0 Å². The second-order valence-corrected chi connectivity index (χ2v) is 4.05. The molecule has 1 aromatic heterocycles. The quantitative estimate of drug-likeness (QED) is 0.851. The van der Waals surface area contributed by atoms with Gasteiger partial charge in [-0.05, 0) is 25.3 Å². The summed E-state index contributed by atoms with van der Waals surface area (Å²) in [5, 5.41) is 7.14. The molecule has 16 heavy (non-hydrogen) atoms. The summed E-state index contributed by atoms with van der Waals surface area (Å²) in [6.07, 6.45) is -2.34. The second kappa shape index (κ2) is 4.04. The zero-order valence-electron chi connectivity index (χ0n) is 8.67. The second-order valence-electron chi connectivity index (χ2n) is 4.05. The van der Waals surface area contributed by atoms with Crippen molar-refractivity contribution in [2.75, 3.05) is 6.54 Å². The lowest BCUT2D eigenvalue weighted by Gasteiger charge is -2.10. The molecule has 0 radical (unpaired) electrons. The van der Waals surface area contributed by atoms with E-state index in [0.29, 0.717) is 12.5 Å². The van der Waals surface area contributed by atoms with Crippen LogP contribution in [-0.2, 0) is 19.1 Å². The Bertz CT molecular complexity index is 367. The predicted octanol–water partition coefficient (Wildman–Crippen LogP) is 1.21. The van der Waals surface area contributed by atoms with Crippen molar-refractivity contribution < 1.29 is 13.2 Å². The zero-order chi connectivity index (χ0) is 11.8. The third-order valence-corrected chi connectivity index (χ3v) is 2.58. The molecule has 4 nitrogen and oxygen atoms in total. The standard InChI is InChI=1S/C9H13F3N4/c10-9(11,12)8-7(3-4-13)14-15-16(8)5-6-1-2-6/h6H,1-5,13H2. The molecule has 0 bridgehead atoms. The smallest absolute Gasteiger partial charge is 0.330 e. The van der Waals surface area contributed by atoms with E-state index in [0.717, 1.165) is 17.5 Å². The first-order valence-electron chi connectivity index (χ1n) is 5.22. The fourth-order valence-corrected chi connectivity index (χ4v) is 1.64. The summed E-state index contributed by atoms with van der Waals surface area (Å²) in [4.78, 5) is 0. The molecule has 0 aliphatic heterocycles. The number of nitrogens with zero attached hydrogens (tertiary/aromatic N) is 3. The van der Waals surface area contributed by atoms with Crippen molar-refractivity contribution in [2.24, 2.45) is 11.7 Å². The van der Waals surface area contributed by atoms with E-state index in [2.05, 4.69) is 10.3 Å². The molecule has 0 atom stereocenters. The molecule has 0 spiro atoms.